The molecular formula is C15H14N8. The molecule has 6 N–H and O–H groups in total. The van der Waals surface area contributed by atoms with E-state index in [1.807, 2.05) is 12.1 Å². The smallest absolute Gasteiger partial charge is 0.226 e. The highest BCUT2D eigenvalue weighted by molar-refractivity contribution is 6.02. The molecular weight excluding hydrogens is 292 g/mol. The van der Waals surface area contributed by atoms with Crippen LogP contribution in [0.4, 0.5) is 17.8 Å². The summed E-state index contributed by atoms with van der Waals surface area (Å²) >= 11 is 0. The normalized spacial score (nSPS) is 10.3. The van der Waals surface area contributed by atoms with Crippen molar-refractivity contribution in [1.29, 1.82) is 0 Å². The van der Waals surface area contributed by atoms with E-state index in [0.29, 0.717) is 0 Å². The third-order valence-corrected chi connectivity index (χ3v) is 3.03. The van der Waals surface area contributed by atoms with Crippen LogP contribution >= 0.6 is 0 Å². The number of nitrogen functional groups attached to an aromatic ring is 3. The van der Waals surface area contributed by atoms with Crippen molar-refractivity contribution in [2.75, 3.05) is 17.2 Å². The first-order valence-electron chi connectivity index (χ1n) is 6.74. The molecule has 0 aliphatic heterocycles. The first kappa shape index (κ1) is 14.4. The Morgan fingerprint density at radius 3 is 1.35 bits per heavy atom. The Kier molecular flexibility index (Phi) is 3.79. The van der Waals surface area contributed by atoms with Crippen molar-refractivity contribution in [2.45, 2.75) is 0 Å². The van der Waals surface area contributed by atoms with Crippen LogP contribution in [0.3, 0.4) is 0 Å². The molecule has 114 valence electrons. The maximum Gasteiger partial charge on any atom is 0.226 e. The summed E-state index contributed by atoms with van der Waals surface area (Å²) in [7, 11) is 0. The van der Waals surface area contributed by atoms with Crippen molar-refractivity contribution >= 4 is 39.7 Å². The highest BCUT2D eigenvalue weighted by Gasteiger charge is 2.00. The van der Waals surface area contributed by atoms with Gasteiger partial charge in [-0.15, -0.1) is 0 Å². The minimum Gasteiger partial charge on any atom is -0.368 e. The number of nitrogens with zero attached hydrogens (tertiary/aromatic N) is 5. The van der Waals surface area contributed by atoms with Gasteiger partial charge in [0.2, 0.25) is 17.8 Å². The van der Waals surface area contributed by atoms with E-state index in [1.54, 1.807) is 12.4 Å². The average molecular weight is 306 g/mol. The van der Waals surface area contributed by atoms with E-state index in [9.17, 15) is 0 Å². The Hall–Kier alpha value is -3.55. The SMILES string of the molecule is Nc1nc(N)nc(N)n1.c1cnc2c(c1)ccc1cccnc12. The Morgan fingerprint density at radius 1 is 0.565 bits per heavy atom. The molecule has 0 aliphatic rings. The quantitative estimate of drug-likeness (QED) is 0.414. The third kappa shape index (κ3) is 3.21. The van der Waals surface area contributed by atoms with Gasteiger partial charge in [-0.25, -0.2) is 0 Å². The summed E-state index contributed by atoms with van der Waals surface area (Å²) in [5.41, 5.74) is 17.4. The van der Waals surface area contributed by atoms with Gasteiger partial charge in [0.15, 0.2) is 0 Å². The minimum atomic E-state index is 0.0417. The number of benzene rings is 1. The lowest BCUT2D eigenvalue weighted by Crippen LogP contribution is -2.05. The maximum atomic E-state index is 5.14. The topological polar surface area (TPSA) is 143 Å². The van der Waals surface area contributed by atoms with Crippen LogP contribution in [0.15, 0.2) is 48.8 Å². The summed E-state index contributed by atoms with van der Waals surface area (Å²) < 4.78 is 0. The third-order valence-electron chi connectivity index (χ3n) is 3.03. The molecule has 4 rings (SSSR count). The number of pyridine rings is 2. The second-order valence-electron chi connectivity index (χ2n) is 4.63. The fraction of sp³-hybridized carbons (Fsp3) is 0. The molecule has 0 aliphatic carbocycles. The zero-order valence-corrected chi connectivity index (χ0v) is 12.1. The Morgan fingerprint density at radius 2 is 0.957 bits per heavy atom. The number of rotatable bonds is 0. The fourth-order valence-electron chi connectivity index (χ4n) is 2.11. The first-order chi connectivity index (χ1) is 11.1. The van der Waals surface area contributed by atoms with Gasteiger partial charge >= 0.3 is 0 Å². The number of nitrogens with two attached hydrogens (primary N) is 3. The number of aromatic nitrogens is 5. The van der Waals surface area contributed by atoms with Crippen LogP contribution in [-0.4, -0.2) is 24.9 Å². The van der Waals surface area contributed by atoms with Gasteiger partial charge in [-0.1, -0.05) is 24.3 Å². The zero-order chi connectivity index (χ0) is 16.2. The molecule has 3 aromatic heterocycles. The molecule has 1 aromatic carbocycles. The van der Waals surface area contributed by atoms with Crippen molar-refractivity contribution in [1.82, 2.24) is 24.9 Å². The van der Waals surface area contributed by atoms with Crippen LogP contribution in [0.5, 0.6) is 0 Å². The van der Waals surface area contributed by atoms with Gasteiger partial charge in [-0.05, 0) is 12.1 Å². The van der Waals surface area contributed by atoms with Crippen molar-refractivity contribution in [2.24, 2.45) is 0 Å². The van der Waals surface area contributed by atoms with Crippen molar-refractivity contribution < 1.29 is 0 Å². The Labute approximate surface area is 131 Å². The van der Waals surface area contributed by atoms with Gasteiger partial charge in [0.05, 0.1) is 11.0 Å². The largest absolute Gasteiger partial charge is 0.368 e. The second-order valence-corrected chi connectivity index (χ2v) is 4.63. The lowest BCUT2D eigenvalue weighted by atomic mass is 10.1. The molecule has 0 saturated heterocycles. The van der Waals surface area contributed by atoms with Crippen molar-refractivity contribution in [3.8, 4) is 0 Å². The number of hydrogen-bond donors (Lipinski definition) is 3. The Balaban J connectivity index is 0.000000151. The van der Waals surface area contributed by atoms with E-state index < -0.39 is 0 Å². The van der Waals surface area contributed by atoms with E-state index in [4.69, 9.17) is 17.2 Å². The van der Waals surface area contributed by atoms with Crippen molar-refractivity contribution in [3.63, 3.8) is 0 Å². The first-order valence-corrected chi connectivity index (χ1v) is 6.74. The number of hydrogen-bond acceptors (Lipinski definition) is 8. The van der Waals surface area contributed by atoms with Gasteiger partial charge in [-0.2, -0.15) is 15.0 Å². The highest BCUT2D eigenvalue weighted by atomic mass is 15.2. The molecule has 0 radical (unpaired) electrons. The van der Waals surface area contributed by atoms with Gasteiger partial charge in [0.25, 0.3) is 0 Å². The van der Waals surface area contributed by atoms with Crippen LogP contribution in [0.1, 0.15) is 0 Å². The number of anilines is 3. The monoisotopic (exact) mass is 306 g/mol. The predicted octanol–water partition coefficient (Wildman–Crippen LogP) is 1.40. The van der Waals surface area contributed by atoms with E-state index in [1.165, 1.54) is 0 Å². The molecule has 4 aromatic rings. The lowest BCUT2D eigenvalue weighted by molar-refractivity contribution is 1.09. The standard InChI is InChI=1S/C12H8N2.C3H6N6/c1-3-9-5-6-10-4-2-8-14-12(10)11(9)13-7-1;4-1-7-2(5)9-3(6)8-1/h1-8H;(H6,4,5,6,7,8,9). The summed E-state index contributed by atoms with van der Waals surface area (Å²) in [4.78, 5) is 19.2. The van der Waals surface area contributed by atoms with E-state index >= 15 is 0 Å². The molecule has 0 unspecified atom stereocenters. The van der Waals surface area contributed by atoms with Gasteiger partial charge < -0.3 is 17.2 Å². The van der Waals surface area contributed by atoms with Crippen LogP contribution in [0.2, 0.25) is 0 Å². The number of fused-ring (bicyclic) bond motifs is 3. The molecule has 0 bridgehead atoms. The van der Waals surface area contributed by atoms with Gasteiger partial charge in [0.1, 0.15) is 0 Å². The summed E-state index contributed by atoms with van der Waals surface area (Å²) in [6.07, 6.45) is 3.60. The molecule has 0 atom stereocenters. The van der Waals surface area contributed by atoms with E-state index in [0.717, 1.165) is 21.8 Å². The van der Waals surface area contributed by atoms with Crippen molar-refractivity contribution in [3.05, 3.63) is 48.8 Å². The highest BCUT2D eigenvalue weighted by Crippen LogP contribution is 2.20. The molecule has 0 fully saturated rings. The molecule has 0 spiro atoms. The van der Waals surface area contributed by atoms with E-state index in [-0.39, 0.29) is 17.8 Å². The summed E-state index contributed by atoms with van der Waals surface area (Å²) in [5.74, 6) is 0.125. The predicted molar refractivity (Wildman–Crippen MR) is 90.1 cm³/mol. The Bertz CT molecular complexity index is 864. The summed E-state index contributed by atoms with van der Waals surface area (Å²) in [6, 6.07) is 12.1. The van der Waals surface area contributed by atoms with Crippen LogP contribution in [-0.2, 0) is 0 Å². The lowest BCUT2D eigenvalue weighted by Gasteiger charge is -2.00. The second kappa shape index (κ2) is 6.06. The van der Waals surface area contributed by atoms with E-state index in [2.05, 4.69) is 49.2 Å². The van der Waals surface area contributed by atoms with Crippen LogP contribution < -0.4 is 17.2 Å². The molecule has 0 saturated carbocycles. The molecule has 0 amide bonds. The zero-order valence-electron chi connectivity index (χ0n) is 12.1. The molecule has 8 nitrogen and oxygen atoms in total. The average Bonchev–Trinajstić information content (AvgIpc) is 2.54. The molecule has 23 heavy (non-hydrogen) atoms. The molecule has 3 heterocycles. The minimum absolute atomic E-state index is 0.0417. The summed E-state index contributed by atoms with van der Waals surface area (Å²) in [5, 5.41) is 2.28. The summed E-state index contributed by atoms with van der Waals surface area (Å²) in [6.45, 7) is 0. The van der Waals surface area contributed by atoms with Gasteiger partial charge in [0, 0.05) is 23.2 Å². The van der Waals surface area contributed by atoms with Crippen LogP contribution in [0, 0.1) is 0 Å². The van der Waals surface area contributed by atoms with Gasteiger partial charge in [-0.3, -0.25) is 9.97 Å². The fourth-order valence-corrected chi connectivity index (χ4v) is 2.11. The molecule has 8 heteroatoms. The van der Waals surface area contributed by atoms with Crippen LogP contribution in [0.25, 0.3) is 21.8 Å². The maximum absolute atomic E-state index is 5.14.